The SMILES string of the molecule is O=C(c1cccs1)n1ccc2ccc(-c3ccc4ccn(C(=O)c5cccs5)c4c3)cc21. The topological polar surface area (TPSA) is 44.0 Å². The van der Waals surface area contributed by atoms with E-state index in [9.17, 15) is 9.59 Å². The van der Waals surface area contributed by atoms with E-state index in [0.717, 1.165) is 32.9 Å². The van der Waals surface area contributed by atoms with E-state index < -0.39 is 0 Å². The van der Waals surface area contributed by atoms with Gasteiger partial charge in [0.25, 0.3) is 11.8 Å². The van der Waals surface area contributed by atoms with Crippen molar-refractivity contribution in [3.05, 3.63) is 106 Å². The number of fused-ring (bicyclic) bond motifs is 2. The Kier molecular flexibility index (Phi) is 4.41. The Labute approximate surface area is 191 Å². The molecule has 4 heterocycles. The molecule has 154 valence electrons. The molecule has 0 fully saturated rings. The average Bonchev–Trinajstić information content (AvgIpc) is 3.63. The van der Waals surface area contributed by atoms with Crippen LogP contribution in [-0.4, -0.2) is 20.9 Å². The largest absolute Gasteiger partial charge is 0.282 e. The maximum Gasteiger partial charge on any atom is 0.272 e. The Morgan fingerprint density at radius 1 is 0.594 bits per heavy atom. The highest BCUT2D eigenvalue weighted by Crippen LogP contribution is 2.29. The van der Waals surface area contributed by atoms with Gasteiger partial charge in [0.15, 0.2) is 0 Å². The van der Waals surface area contributed by atoms with E-state index in [4.69, 9.17) is 0 Å². The van der Waals surface area contributed by atoms with E-state index >= 15 is 0 Å². The summed E-state index contributed by atoms with van der Waals surface area (Å²) in [6.45, 7) is 0. The third-order valence-electron chi connectivity index (χ3n) is 5.62. The second-order valence-electron chi connectivity index (χ2n) is 7.48. The first-order valence-corrected chi connectivity index (χ1v) is 11.8. The summed E-state index contributed by atoms with van der Waals surface area (Å²) in [6.07, 6.45) is 3.65. The molecule has 0 saturated heterocycles. The smallest absolute Gasteiger partial charge is 0.272 e. The van der Waals surface area contributed by atoms with Crippen LogP contribution in [0.15, 0.2) is 96.0 Å². The van der Waals surface area contributed by atoms with Crippen LogP contribution in [0.25, 0.3) is 32.9 Å². The normalized spacial score (nSPS) is 11.4. The van der Waals surface area contributed by atoms with Crippen molar-refractivity contribution in [3.63, 3.8) is 0 Å². The van der Waals surface area contributed by atoms with Gasteiger partial charge in [-0.15, -0.1) is 22.7 Å². The Balaban J connectivity index is 1.45. The minimum atomic E-state index is -0.0296. The summed E-state index contributed by atoms with van der Waals surface area (Å²) in [5.74, 6) is -0.0592. The highest BCUT2D eigenvalue weighted by atomic mass is 32.1. The average molecular weight is 453 g/mol. The molecule has 0 spiro atoms. The van der Waals surface area contributed by atoms with Gasteiger partial charge in [-0.25, -0.2) is 0 Å². The first-order valence-electron chi connectivity index (χ1n) is 10.1. The number of carbonyl (C=O) groups is 2. The first-order chi connectivity index (χ1) is 15.7. The van der Waals surface area contributed by atoms with Gasteiger partial charge in [0.2, 0.25) is 0 Å². The van der Waals surface area contributed by atoms with Gasteiger partial charge in [-0.1, -0.05) is 36.4 Å². The highest BCUT2D eigenvalue weighted by Gasteiger charge is 2.15. The lowest BCUT2D eigenvalue weighted by atomic mass is 10.0. The molecule has 4 nitrogen and oxygen atoms in total. The maximum absolute atomic E-state index is 12.9. The Hall–Kier alpha value is -3.74. The van der Waals surface area contributed by atoms with Crippen LogP contribution in [0.2, 0.25) is 0 Å². The molecule has 6 rings (SSSR count). The zero-order valence-electron chi connectivity index (χ0n) is 16.8. The van der Waals surface area contributed by atoms with Crippen LogP contribution >= 0.6 is 22.7 Å². The molecule has 0 aliphatic heterocycles. The van der Waals surface area contributed by atoms with Gasteiger partial charge < -0.3 is 0 Å². The molecule has 0 unspecified atom stereocenters. The number of nitrogens with zero attached hydrogens (tertiary/aromatic N) is 2. The minimum Gasteiger partial charge on any atom is -0.282 e. The number of thiophene rings is 2. The fraction of sp³-hybridized carbons (Fsp3) is 0. The van der Waals surface area contributed by atoms with Crippen molar-refractivity contribution in [1.29, 1.82) is 0 Å². The van der Waals surface area contributed by atoms with Crippen LogP contribution in [0.5, 0.6) is 0 Å². The predicted molar refractivity (Wildman–Crippen MR) is 131 cm³/mol. The van der Waals surface area contributed by atoms with Gasteiger partial charge in [-0.2, -0.15) is 0 Å². The summed E-state index contributed by atoms with van der Waals surface area (Å²) in [7, 11) is 0. The zero-order valence-corrected chi connectivity index (χ0v) is 18.4. The molecule has 0 atom stereocenters. The van der Waals surface area contributed by atoms with Crippen LogP contribution < -0.4 is 0 Å². The van der Waals surface area contributed by atoms with E-state index in [0.29, 0.717) is 9.75 Å². The van der Waals surface area contributed by atoms with Gasteiger partial charge in [0.05, 0.1) is 20.8 Å². The van der Waals surface area contributed by atoms with Crippen LogP contribution in [-0.2, 0) is 0 Å². The van der Waals surface area contributed by atoms with Gasteiger partial charge in [-0.3, -0.25) is 18.7 Å². The Morgan fingerprint density at radius 3 is 1.47 bits per heavy atom. The van der Waals surface area contributed by atoms with Crippen molar-refractivity contribution in [3.8, 4) is 11.1 Å². The molecule has 0 radical (unpaired) electrons. The zero-order chi connectivity index (χ0) is 21.7. The van der Waals surface area contributed by atoms with Crippen molar-refractivity contribution in [2.45, 2.75) is 0 Å². The summed E-state index contributed by atoms with van der Waals surface area (Å²) in [5, 5.41) is 5.84. The number of aromatic nitrogens is 2. The Morgan fingerprint density at radius 2 is 1.06 bits per heavy atom. The molecule has 0 saturated carbocycles. The van der Waals surface area contributed by atoms with Gasteiger partial charge in [-0.05, 0) is 58.3 Å². The molecular weight excluding hydrogens is 436 g/mol. The van der Waals surface area contributed by atoms with E-state index in [1.165, 1.54) is 22.7 Å². The molecule has 0 aliphatic rings. The molecule has 0 aliphatic carbocycles. The van der Waals surface area contributed by atoms with Crippen LogP contribution in [0, 0.1) is 0 Å². The maximum atomic E-state index is 12.9. The molecule has 0 amide bonds. The first kappa shape index (κ1) is 19.0. The van der Waals surface area contributed by atoms with Crippen LogP contribution in [0.3, 0.4) is 0 Å². The fourth-order valence-electron chi connectivity index (χ4n) is 4.01. The highest BCUT2D eigenvalue weighted by molar-refractivity contribution is 7.12. The number of hydrogen-bond acceptors (Lipinski definition) is 4. The second-order valence-corrected chi connectivity index (χ2v) is 9.38. The molecule has 0 bridgehead atoms. The summed E-state index contributed by atoms with van der Waals surface area (Å²) in [6, 6.07) is 23.6. The summed E-state index contributed by atoms with van der Waals surface area (Å²) >= 11 is 2.88. The number of hydrogen-bond donors (Lipinski definition) is 0. The fourth-order valence-corrected chi connectivity index (χ4v) is 5.33. The lowest BCUT2D eigenvalue weighted by Gasteiger charge is -2.08. The van der Waals surface area contributed by atoms with Gasteiger partial charge >= 0.3 is 0 Å². The number of carbonyl (C=O) groups excluding carboxylic acids is 2. The van der Waals surface area contributed by atoms with E-state index in [2.05, 4.69) is 12.1 Å². The number of benzene rings is 2. The van der Waals surface area contributed by atoms with E-state index in [1.54, 1.807) is 9.13 Å². The van der Waals surface area contributed by atoms with Crippen molar-refractivity contribution in [2.24, 2.45) is 0 Å². The van der Waals surface area contributed by atoms with E-state index in [1.807, 2.05) is 83.8 Å². The lowest BCUT2D eigenvalue weighted by Crippen LogP contribution is -2.08. The second kappa shape index (κ2) is 7.44. The van der Waals surface area contributed by atoms with Gasteiger partial charge in [0, 0.05) is 23.2 Å². The standard InChI is InChI=1S/C26H16N2O2S2/c29-25(23-3-1-13-31-23)27-11-9-17-5-7-19(15-21(17)27)20-8-6-18-10-12-28(22(18)16-20)26(30)24-4-2-14-32-24/h1-16H. The summed E-state index contributed by atoms with van der Waals surface area (Å²) < 4.78 is 3.40. The summed E-state index contributed by atoms with van der Waals surface area (Å²) in [4.78, 5) is 27.3. The third-order valence-corrected chi connectivity index (χ3v) is 7.34. The third kappa shape index (κ3) is 3.04. The quantitative estimate of drug-likeness (QED) is 0.298. The van der Waals surface area contributed by atoms with Crippen molar-refractivity contribution in [2.75, 3.05) is 0 Å². The lowest BCUT2D eigenvalue weighted by molar-refractivity contribution is 0.0961. The van der Waals surface area contributed by atoms with Gasteiger partial charge in [0.1, 0.15) is 0 Å². The Bertz CT molecular complexity index is 1480. The molecule has 4 aromatic heterocycles. The monoisotopic (exact) mass is 452 g/mol. The van der Waals surface area contributed by atoms with Crippen molar-refractivity contribution in [1.82, 2.24) is 9.13 Å². The molecule has 32 heavy (non-hydrogen) atoms. The molecule has 0 N–H and O–H groups in total. The van der Waals surface area contributed by atoms with E-state index in [-0.39, 0.29) is 11.8 Å². The molecule has 6 heteroatoms. The number of rotatable bonds is 3. The summed E-state index contributed by atoms with van der Waals surface area (Å²) in [5.41, 5.74) is 3.72. The molecule has 6 aromatic rings. The predicted octanol–water partition coefficient (Wildman–Crippen LogP) is 6.76. The minimum absolute atomic E-state index is 0.0296. The van der Waals surface area contributed by atoms with Crippen molar-refractivity contribution >= 4 is 56.3 Å². The molecular formula is C26H16N2O2S2. The molecule has 2 aromatic carbocycles. The van der Waals surface area contributed by atoms with Crippen molar-refractivity contribution < 1.29 is 9.59 Å². The van der Waals surface area contributed by atoms with Crippen LogP contribution in [0.1, 0.15) is 19.3 Å². The van der Waals surface area contributed by atoms with Crippen LogP contribution in [0.4, 0.5) is 0 Å².